The fraction of sp³-hybridized carbons (Fsp3) is 1.00. The first-order valence-corrected chi connectivity index (χ1v) is 7.91. The Balaban J connectivity index is 2.02. The number of hydrogen-bond acceptors (Lipinski definition) is 10. The molecular weight excluding hydrogens is 320 g/mol. The van der Waals surface area contributed by atoms with E-state index in [1.54, 1.807) is 0 Å². The summed E-state index contributed by atoms with van der Waals surface area (Å²) < 4.78 is 10.7. The van der Waals surface area contributed by atoms with Crippen LogP contribution in [0.4, 0.5) is 0 Å². The summed E-state index contributed by atoms with van der Waals surface area (Å²) in [6.07, 6.45) is -8.41. The van der Waals surface area contributed by atoms with Crippen LogP contribution in [-0.2, 0) is 9.47 Å². The first-order chi connectivity index (χ1) is 10.4. The predicted molar refractivity (Wildman–Crippen MR) is 73.7 cm³/mol. The van der Waals surface area contributed by atoms with Gasteiger partial charge in [-0.1, -0.05) is 11.8 Å². The minimum absolute atomic E-state index is 0.0136. The Morgan fingerprint density at radius 3 is 1.91 bits per heavy atom. The van der Waals surface area contributed by atoms with Crippen LogP contribution in [0.1, 0.15) is 6.42 Å². The zero-order valence-electron chi connectivity index (χ0n) is 11.7. The summed E-state index contributed by atoms with van der Waals surface area (Å²) in [5.74, 6) is 0. The lowest BCUT2D eigenvalue weighted by Crippen LogP contribution is -2.58. The molecule has 0 aromatic carbocycles. The molecule has 0 saturated carbocycles. The van der Waals surface area contributed by atoms with Gasteiger partial charge >= 0.3 is 0 Å². The zero-order chi connectivity index (χ0) is 16.4. The van der Waals surface area contributed by atoms with Crippen molar-refractivity contribution in [3.05, 3.63) is 0 Å². The molecule has 7 N–H and O–H groups in total. The topological polar surface area (TPSA) is 160 Å². The molecule has 0 aromatic rings. The van der Waals surface area contributed by atoms with Gasteiger partial charge in [0, 0.05) is 6.42 Å². The zero-order valence-corrected chi connectivity index (χ0v) is 12.5. The molecule has 0 radical (unpaired) electrons. The summed E-state index contributed by atoms with van der Waals surface area (Å²) in [4.78, 5) is 0. The van der Waals surface area contributed by atoms with E-state index in [-0.39, 0.29) is 6.42 Å². The fourth-order valence-electron chi connectivity index (χ4n) is 2.46. The lowest BCUT2D eigenvalue weighted by Gasteiger charge is -2.43. The Bertz CT molecular complexity index is 357. The third-order valence-electron chi connectivity index (χ3n) is 3.83. The summed E-state index contributed by atoms with van der Waals surface area (Å²) in [6, 6.07) is 0. The maximum Gasteiger partial charge on any atom is 0.134 e. The Kier molecular flexibility index (Phi) is 6.42. The van der Waals surface area contributed by atoms with E-state index in [0.29, 0.717) is 0 Å². The molecule has 22 heavy (non-hydrogen) atoms. The van der Waals surface area contributed by atoms with Crippen LogP contribution in [0.25, 0.3) is 0 Å². The molecule has 130 valence electrons. The summed E-state index contributed by atoms with van der Waals surface area (Å²) in [5, 5.41) is 67.1. The molecule has 2 rings (SSSR count). The molecule has 9 atom stereocenters. The Hall–Kier alpha value is -0.0100. The van der Waals surface area contributed by atoms with Gasteiger partial charge in [0.2, 0.25) is 0 Å². The van der Waals surface area contributed by atoms with Crippen LogP contribution in [0.3, 0.4) is 0 Å². The van der Waals surface area contributed by atoms with Crippen molar-refractivity contribution in [1.82, 2.24) is 0 Å². The van der Waals surface area contributed by atoms with E-state index in [1.807, 2.05) is 0 Å². The van der Waals surface area contributed by atoms with Crippen LogP contribution in [0.15, 0.2) is 0 Å². The number of ether oxygens (including phenoxy) is 2. The predicted octanol–water partition coefficient (Wildman–Crippen LogP) is -3.65. The van der Waals surface area contributed by atoms with Gasteiger partial charge in [-0.25, -0.2) is 0 Å². The lowest BCUT2D eigenvalue weighted by atomic mass is 10.0. The Morgan fingerprint density at radius 2 is 1.32 bits per heavy atom. The van der Waals surface area contributed by atoms with E-state index in [9.17, 15) is 25.5 Å². The van der Waals surface area contributed by atoms with Crippen molar-refractivity contribution in [2.45, 2.75) is 60.0 Å². The van der Waals surface area contributed by atoms with Gasteiger partial charge in [0.25, 0.3) is 0 Å². The number of hydrogen-bond donors (Lipinski definition) is 7. The third-order valence-corrected chi connectivity index (χ3v) is 5.18. The number of aliphatic hydroxyl groups excluding tert-OH is 7. The molecule has 2 aliphatic rings. The molecular formula is C12H22O9S. The van der Waals surface area contributed by atoms with Crippen molar-refractivity contribution in [1.29, 1.82) is 0 Å². The molecule has 1 unspecified atom stereocenters. The van der Waals surface area contributed by atoms with Crippen LogP contribution in [0, 0.1) is 0 Å². The van der Waals surface area contributed by atoms with Gasteiger partial charge in [-0.2, -0.15) is 0 Å². The summed E-state index contributed by atoms with van der Waals surface area (Å²) in [7, 11) is 0. The molecule has 9 nitrogen and oxygen atoms in total. The van der Waals surface area contributed by atoms with Gasteiger partial charge in [-0.3, -0.25) is 0 Å². The first-order valence-electron chi connectivity index (χ1n) is 6.97. The highest BCUT2D eigenvalue weighted by molar-refractivity contribution is 8.00. The quantitative estimate of drug-likeness (QED) is 0.271. The Labute approximate surface area is 131 Å². The normalized spacial score (nSPS) is 50.0. The molecule has 2 saturated heterocycles. The van der Waals surface area contributed by atoms with Crippen molar-refractivity contribution >= 4 is 11.8 Å². The maximum atomic E-state index is 9.94. The third kappa shape index (κ3) is 3.73. The van der Waals surface area contributed by atoms with Gasteiger partial charge in [0.15, 0.2) is 0 Å². The molecule has 0 bridgehead atoms. The van der Waals surface area contributed by atoms with Crippen LogP contribution in [-0.4, -0.2) is 103 Å². The van der Waals surface area contributed by atoms with Crippen LogP contribution in [0.2, 0.25) is 0 Å². The second-order valence-electron chi connectivity index (χ2n) is 5.43. The molecule has 0 aromatic heterocycles. The lowest BCUT2D eigenvalue weighted by molar-refractivity contribution is -0.207. The van der Waals surface area contributed by atoms with E-state index in [0.717, 1.165) is 11.8 Å². The van der Waals surface area contributed by atoms with E-state index < -0.39 is 66.8 Å². The van der Waals surface area contributed by atoms with Crippen LogP contribution in [0.5, 0.6) is 0 Å². The smallest absolute Gasteiger partial charge is 0.134 e. The van der Waals surface area contributed by atoms with Crippen molar-refractivity contribution in [2.75, 3.05) is 13.2 Å². The van der Waals surface area contributed by atoms with Gasteiger partial charge < -0.3 is 45.2 Å². The standard InChI is InChI=1S/C12H22O9S/c13-2-6-4(15)1-5(16)11(20-6)22-12-10(19)9(18)8(17)7(3-14)21-12/h4-19H,1-3H2/t4-,5-,6-,7-,8+,9+,10-,11?,12+/m1/s1. The molecule has 2 fully saturated rings. The van der Waals surface area contributed by atoms with Crippen molar-refractivity contribution in [3.8, 4) is 0 Å². The number of aliphatic hydroxyl groups is 7. The molecule has 0 spiro atoms. The van der Waals surface area contributed by atoms with Gasteiger partial charge in [-0.05, 0) is 0 Å². The van der Waals surface area contributed by atoms with Crippen LogP contribution < -0.4 is 0 Å². The minimum Gasteiger partial charge on any atom is -0.394 e. The van der Waals surface area contributed by atoms with E-state index >= 15 is 0 Å². The monoisotopic (exact) mass is 342 g/mol. The molecule has 2 heterocycles. The SMILES string of the molecule is OC[C@H]1O[C@@H](SC2O[C@H](CO)[C@H](O)C[C@H]2O)[C@H](O)[C@@H](O)[C@H]1O. The highest BCUT2D eigenvalue weighted by Crippen LogP contribution is 2.36. The largest absolute Gasteiger partial charge is 0.394 e. The second-order valence-corrected chi connectivity index (χ2v) is 6.63. The average molecular weight is 342 g/mol. The van der Waals surface area contributed by atoms with E-state index in [1.165, 1.54) is 0 Å². The van der Waals surface area contributed by atoms with Crippen molar-refractivity contribution < 1.29 is 45.2 Å². The first kappa shape index (κ1) is 18.3. The van der Waals surface area contributed by atoms with Gasteiger partial charge in [0.1, 0.15) is 41.4 Å². The van der Waals surface area contributed by atoms with Crippen LogP contribution >= 0.6 is 11.8 Å². The Morgan fingerprint density at radius 1 is 0.727 bits per heavy atom. The van der Waals surface area contributed by atoms with E-state index in [4.69, 9.17) is 19.7 Å². The molecule has 10 heteroatoms. The average Bonchev–Trinajstić information content (AvgIpc) is 2.50. The van der Waals surface area contributed by atoms with E-state index in [2.05, 4.69) is 0 Å². The molecule has 2 aliphatic heterocycles. The second kappa shape index (κ2) is 7.71. The fourth-order valence-corrected chi connectivity index (χ4v) is 3.76. The van der Waals surface area contributed by atoms with Gasteiger partial charge in [-0.15, -0.1) is 0 Å². The summed E-state index contributed by atoms with van der Waals surface area (Å²) >= 11 is 0.855. The highest BCUT2D eigenvalue weighted by atomic mass is 32.2. The molecule has 0 aliphatic carbocycles. The van der Waals surface area contributed by atoms with Crippen molar-refractivity contribution in [3.63, 3.8) is 0 Å². The number of rotatable bonds is 4. The molecule has 0 amide bonds. The minimum atomic E-state index is -1.51. The van der Waals surface area contributed by atoms with Gasteiger partial charge in [0.05, 0.1) is 25.4 Å². The number of thioether (sulfide) groups is 1. The maximum absolute atomic E-state index is 9.94. The highest BCUT2D eigenvalue weighted by Gasteiger charge is 2.46. The summed E-state index contributed by atoms with van der Waals surface area (Å²) in [6.45, 7) is -0.978. The summed E-state index contributed by atoms with van der Waals surface area (Å²) in [5.41, 5.74) is -1.95. The van der Waals surface area contributed by atoms with Crippen molar-refractivity contribution in [2.24, 2.45) is 0 Å².